The van der Waals surface area contributed by atoms with Crippen LogP contribution in [0.3, 0.4) is 0 Å². The average Bonchev–Trinajstić information content (AvgIpc) is 2.67. The quantitative estimate of drug-likeness (QED) is 0.457. The Morgan fingerprint density at radius 3 is 2.31 bits per heavy atom. The number of hydrogen-bond donors (Lipinski definition) is 1. The van der Waals surface area contributed by atoms with Gasteiger partial charge in [-0.15, -0.1) is 0 Å². The first-order valence-corrected chi connectivity index (χ1v) is 8.90. The third-order valence-corrected chi connectivity index (χ3v) is 4.31. The lowest BCUT2D eigenvalue weighted by molar-refractivity contribution is -0.141. The van der Waals surface area contributed by atoms with E-state index < -0.39 is 11.9 Å². The molecule has 0 spiro atoms. The van der Waals surface area contributed by atoms with Crippen molar-refractivity contribution in [2.75, 3.05) is 5.32 Å². The molecule has 0 radical (unpaired) electrons. The lowest BCUT2D eigenvalue weighted by atomic mass is 10.1. The third kappa shape index (κ3) is 4.12. The van der Waals surface area contributed by atoms with Crippen molar-refractivity contribution in [2.45, 2.75) is 13.1 Å². The van der Waals surface area contributed by atoms with Crippen molar-refractivity contribution in [3.63, 3.8) is 0 Å². The molecule has 9 heteroatoms. The van der Waals surface area contributed by atoms with E-state index >= 15 is 0 Å². The predicted octanol–water partition coefficient (Wildman–Crippen LogP) is 5.81. The van der Waals surface area contributed by atoms with Gasteiger partial charge in [0.05, 0.1) is 11.2 Å². The minimum absolute atomic E-state index is 0.0809. The third-order valence-electron chi connectivity index (χ3n) is 4.07. The van der Waals surface area contributed by atoms with Gasteiger partial charge in [0.1, 0.15) is 5.69 Å². The first-order chi connectivity index (χ1) is 13.8. The Kier molecular flexibility index (Phi) is 4.79. The van der Waals surface area contributed by atoms with Crippen LogP contribution >= 0.6 is 11.6 Å². The molecule has 0 saturated carbocycles. The summed E-state index contributed by atoms with van der Waals surface area (Å²) in [5.41, 5.74) is 1.11. The predicted molar refractivity (Wildman–Crippen MR) is 105 cm³/mol. The van der Waals surface area contributed by atoms with Gasteiger partial charge in [0, 0.05) is 21.7 Å². The standard InChI is InChI=1S/C20H13ClF3N5/c1-11-9-16(20(22,23)24)27-18(25-11)29-19-26-15-8-7-13(21)10-14(15)17(28-19)12-5-3-2-4-6-12/h2-10H,1H3,(H,25,26,27,28,29). The van der Waals surface area contributed by atoms with Crippen molar-refractivity contribution < 1.29 is 13.2 Å². The molecule has 1 N–H and O–H groups in total. The molecule has 2 aromatic carbocycles. The Balaban J connectivity index is 1.84. The van der Waals surface area contributed by atoms with E-state index in [0.717, 1.165) is 17.0 Å². The molecule has 0 aliphatic heterocycles. The molecule has 0 atom stereocenters. The number of aromatic nitrogens is 4. The molecule has 0 unspecified atom stereocenters. The zero-order chi connectivity index (χ0) is 20.6. The fraction of sp³-hybridized carbons (Fsp3) is 0.100. The van der Waals surface area contributed by atoms with Gasteiger partial charge < -0.3 is 0 Å². The second kappa shape index (κ2) is 7.29. The van der Waals surface area contributed by atoms with Gasteiger partial charge >= 0.3 is 6.18 Å². The maximum atomic E-state index is 13.1. The van der Waals surface area contributed by atoms with Crippen molar-refractivity contribution in [1.29, 1.82) is 0 Å². The number of alkyl halides is 3. The number of fused-ring (bicyclic) bond motifs is 1. The molecular weight excluding hydrogens is 403 g/mol. The summed E-state index contributed by atoms with van der Waals surface area (Å²) >= 11 is 6.13. The fourth-order valence-corrected chi connectivity index (χ4v) is 3.01. The molecule has 0 amide bonds. The second-order valence-corrected chi connectivity index (χ2v) is 6.70. The summed E-state index contributed by atoms with van der Waals surface area (Å²) in [6, 6.07) is 15.4. The Labute approximate surface area is 168 Å². The number of anilines is 2. The summed E-state index contributed by atoms with van der Waals surface area (Å²) in [6.45, 7) is 1.46. The number of nitrogens with one attached hydrogen (secondary N) is 1. The molecular formula is C20H13ClF3N5. The number of hydrogen-bond acceptors (Lipinski definition) is 5. The Morgan fingerprint density at radius 1 is 0.862 bits per heavy atom. The summed E-state index contributed by atoms with van der Waals surface area (Å²) in [6.07, 6.45) is -4.58. The van der Waals surface area contributed by atoms with Crippen LogP contribution in [-0.4, -0.2) is 19.9 Å². The molecule has 4 aromatic rings. The van der Waals surface area contributed by atoms with Crippen LogP contribution < -0.4 is 5.32 Å². The van der Waals surface area contributed by atoms with Gasteiger partial charge in [-0.2, -0.15) is 13.2 Å². The Bertz CT molecular complexity index is 1200. The SMILES string of the molecule is Cc1cc(C(F)(F)F)nc(Nc2nc(-c3ccccc3)c3cc(Cl)ccc3n2)n1. The van der Waals surface area contributed by atoms with Crippen LogP contribution in [0.1, 0.15) is 11.4 Å². The van der Waals surface area contributed by atoms with E-state index in [-0.39, 0.29) is 17.6 Å². The van der Waals surface area contributed by atoms with E-state index in [2.05, 4.69) is 25.3 Å². The monoisotopic (exact) mass is 415 g/mol. The first kappa shape index (κ1) is 19.1. The van der Waals surface area contributed by atoms with Gasteiger partial charge in [0.25, 0.3) is 0 Å². The molecule has 146 valence electrons. The molecule has 2 heterocycles. The minimum atomic E-state index is -4.58. The zero-order valence-electron chi connectivity index (χ0n) is 15.0. The average molecular weight is 416 g/mol. The van der Waals surface area contributed by atoms with E-state index in [0.29, 0.717) is 16.2 Å². The van der Waals surface area contributed by atoms with E-state index in [1.54, 1.807) is 18.2 Å². The number of halogens is 4. The number of rotatable bonds is 3. The maximum absolute atomic E-state index is 13.1. The summed E-state index contributed by atoms with van der Waals surface area (Å²) in [4.78, 5) is 16.4. The Hall–Kier alpha value is -3.26. The van der Waals surface area contributed by atoms with Crippen LogP contribution in [0.2, 0.25) is 5.02 Å². The topological polar surface area (TPSA) is 63.6 Å². The van der Waals surface area contributed by atoms with Crippen LogP contribution in [0.4, 0.5) is 25.1 Å². The molecule has 0 aliphatic carbocycles. The van der Waals surface area contributed by atoms with Crippen molar-refractivity contribution >= 4 is 34.4 Å². The first-order valence-electron chi connectivity index (χ1n) is 8.52. The molecule has 2 aromatic heterocycles. The van der Waals surface area contributed by atoms with Crippen molar-refractivity contribution in [3.8, 4) is 11.3 Å². The van der Waals surface area contributed by atoms with Gasteiger partial charge in [-0.25, -0.2) is 19.9 Å². The second-order valence-electron chi connectivity index (χ2n) is 6.26. The molecule has 0 fully saturated rings. The summed E-state index contributed by atoms with van der Waals surface area (Å²) in [7, 11) is 0. The van der Waals surface area contributed by atoms with Crippen molar-refractivity contribution in [3.05, 3.63) is 71.0 Å². The lowest BCUT2D eigenvalue weighted by Crippen LogP contribution is -2.12. The highest BCUT2D eigenvalue weighted by Crippen LogP contribution is 2.31. The normalized spacial score (nSPS) is 11.6. The van der Waals surface area contributed by atoms with Gasteiger partial charge in [-0.3, -0.25) is 5.32 Å². The summed E-state index contributed by atoms with van der Waals surface area (Å²) in [5.74, 6) is -0.151. The number of nitrogens with zero attached hydrogens (tertiary/aromatic N) is 4. The van der Waals surface area contributed by atoms with Gasteiger partial charge in [0.15, 0.2) is 0 Å². The van der Waals surface area contributed by atoms with Crippen LogP contribution in [0, 0.1) is 6.92 Å². The largest absolute Gasteiger partial charge is 0.433 e. The van der Waals surface area contributed by atoms with E-state index in [1.807, 2.05) is 30.3 Å². The molecule has 29 heavy (non-hydrogen) atoms. The maximum Gasteiger partial charge on any atom is 0.433 e. The van der Waals surface area contributed by atoms with Gasteiger partial charge in [-0.1, -0.05) is 41.9 Å². The van der Waals surface area contributed by atoms with Crippen LogP contribution in [0.25, 0.3) is 22.2 Å². The molecule has 0 saturated heterocycles. The number of benzene rings is 2. The van der Waals surface area contributed by atoms with Crippen LogP contribution in [-0.2, 0) is 6.18 Å². The van der Waals surface area contributed by atoms with Crippen molar-refractivity contribution in [1.82, 2.24) is 19.9 Å². The van der Waals surface area contributed by atoms with E-state index in [1.165, 1.54) is 6.92 Å². The molecule has 4 rings (SSSR count). The van der Waals surface area contributed by atoms with Gasteiger partial charge in [-0.05, 0) is 31.2 Å². The highest BCUT2D eigenvalue weighted by atomic mass is 35.5. The summed E-state index contributed by atoms with van der Waals surface area (Å²) < 4.78 is 39.2. The molecule has 0 bridgehead atoms. The highest BCUT2D eigenvalue weighted by Gasteiger charge is 2.33. The van der Waals surface area contributed by atoms with Gasteiger partial charge in [0.2, 0.25) is 11.9 Å². The molecule has 0 aliphatic rings. The van der Waals surface area contributed by atoms with E-state index in [9.17, 15) is 13.2 Å². The lowest BCUT2D eigenvalue weighted by Gasteiger charge is -2.12. The zero-order valence-corrected chi connectivity index (χ0v) is 15.8. The van der Waals surface area contributed by atoms with Crippen LogP contribution in [0.5, 0.6) is 0 Å². The highest BCUT2D eigenvalue weighted by molar-refractivity contribution is 6.31. The fourth-order valence-electron chi connectivity index (χ4n) is 2.84. The summed E-state index contributed by atoms with van der Waals surface area (Å²) in [5, 5.41) is 3.94. The smallest absolute Gasteiger partial charge is 0.293 e. The number of aryl methyl sites for hydroxylation is 1. The van der Waals surface area contributed by atoms with E-state index in [4.69, 9.17) is 11.6 Å². The molecule has 5 nitrogen and oxygen atoms in total. The Morgan fingerprint density at radius 2 is 1.59 bits per heavy atom. The van der Waals surface area contributed by atoms with Crippen LogP contribution in [0.15, 0.2) is 54.6 Å². The minimum Gasteiger partial charge on any atom is -0.293 e. The van der Waals surface area contributed by atoms with Crippen molar-refractivity contribution in [2.24, 2.45) is 0 Å².